The molecule has 5 nitrogen and oxygen atoms in total. The van der Waals surface area contributed by atoms with Crippen LogP contribution in [0.4, 0.5) is 11.4 Å². The number of hydrogen-bond acceptors (Lipinski definition) is 3. The van der Waals surface area contributed by atoms with Gasteiger partial charge in [-0.2, -0.15) is 0 Å². The number of piperazine rings is 1. The van der Waals surface area contributed by atoms with Crippen LogP contribution in [0.25, 0.3) is 0 Å². The molecule has 2 amide bonds. The standard InChI is InChI=1S/C23H29N3O2/c1-16-7-6-10-20(19(16)4)25-11-13-26(14-12-25)22(28)15-21(27)24-23-17(2)8-5-9-18(23)3/h5-10H,11-15H2,1-4H3,(H,24,27). The first kappa shape index (κ1) is 19.9. The van der Waals surface area contributed by atoms with Crippen molar-refractivity contribution < 1.29 is 9.59 Å². The van der Waals surface area contributed by atoms with E-state index in [0.29, 0.717) is 13.1 Å². The minimum Gasteiger partial charge on any atom is -0.368 e. The van der Waals surface area contributed by atoms with E-state index in [0.717, 1.165) is 29.9 Å². The lowest BCUT2D eigenvalue weighted by Crippen LogP contribution is -2.49. The molecule has 0 atom stereocenters. The van der Waals surface area contributed by atoms with Gasteiger partial charge in [0.05, 0.1) is 0 Å². The Balaban J connectivity index is 1.55. The zero-order valence-corrected chi connectivity index (χ0v) is 17.2. The number of carbonyl (C=O) groups excluding carboxylic acids is 2. The molecular weight excluding hydrogens is 350 g/mol. The molecule has 1 fully saturated rings. The maximum atomic E-state index is 12.6. The number of benzene rings is 2. The zero-order valence-electron chi connectivity index (χ0n) is 17.2. The van der Waals surface area contributed by atoms with Gasteiger partial charge in [-0.1, -0.05) is 30.3 Å². The molecule has 5 heteroatoms. The first-order valence-electron chi connectivity index (χ1n) is 9.82. The van der Waals surface area contributed by atoms with Crippen molar-refractivity contribution in [3.8, 4) is 0 Å². The lowest BCUT2D eigenvalue weighted by Gasteiger charge is -2.37. The summed E-state index contributed by atoms with van der Waals surface area (Å²) in [6, 6.07) is 12.2. The fourth-order valence-corrected chi connectivity index (χ4v) is 3.72. The summed E-state index contributed by atoms with van der Waals surface area (Å²) in [4.78, 5) is 29.1. The van der Waals surface area contributed by atoms with Crippen molar-refractivity contribution in [2.24, 2.45) is 0 Å². The van der Waals surface area contributed by atoms with E-state index in [1.165, 1.54) is 16.8 Å². The van der Waals surface area contributed by atoms with E-state index in [9.17, 15) is 9.59 Å². The highest BCUT2D eigenvalue weighted by Gasteiger charge is 2.24. The highest BCUT2D eigenvalue weighted by molar-refractivity contribution is 6.04. The molecule has 3 rings (SSSR count). The van der Waals surface area contributed by atoms with E-state index in [1.54, 1.807) is 4.90 Å². The normalized spacial score (nSPS) is 14.1. The number of carbonyl (C=O) groups is 2. The Morgan fingerprint density at radius 3 is 2.07 bits per heavy atom. The van der Waals surface area contributed by atoms with E-state index < -0.39 is 0 Å². The van der Waals surface area contributed by atoms with Gasteiger partial charge < -0.3 is 15.1 Å². The highest BCUT2D eigenvalue weighted by atomic mass is 16.2. The van der Waals surface area contributed by atoms with Crippen LogP contribution in [0.5, 0.6) is 0 Å². The van der Waals surface area contributed by atoms with E-state index in [1.807, 2.05) is 32.0 Å². The molecule has 0 radical (unpaired) electrons. The van der Waals surface area contributed by atoms with Crippen LogP contribution in [0, 0.1) is 27.7 Å². The van der Waals surface area contributed by atoms with E-state index in [-0.39, 0.29) is 18.2 Å². The summed E-state index contributed by atoms with van der Waals surface area (Å²) in [5.74, 6) is -0.358. The molecule has 2 aromatic rings. The third kappa shape index (κ3) is 4.35. The number of nitrogens with one attached hydrogen (secondary N) is 1. The Morgan fingerprint density at radius 2 is 1.43 bits per heavy atom. The fourth-order valence-electron chi connectivity index (χ4n) is 3.72. The van der Waals surface area contributed by atoms with Crippen LogP contribution in [0.1, 0.15) is 28.7 Å². The number of aryl methyl sites for hydroxylation is 3. The summed E-state index contributed by atoms with van der Waals surface area (Å²) < 4.78 is 0. The van der Waals surface area contributed by atoms with Crippen LogP contribution < -0.4 is 10.2 Å². The minimum atomic E-state index is -0.251. The second-order valence-electron chi connectivity index (χ2n) is 7.58. The van der Waals surface area contributed by atoms with Crippen LogP contribution in [-0.2, 0) is 9.59 Å². The van der Waals surface area contributed by atoms with Gasteiger partial charge in [0, 0.05) is 37.6 Å². The topological polar surface area (TPSA) is 52.7 Å². The predicted molar refractivity (Wildman–Crippen MR) is 114 cm³/mol. The fraction of sp³-hybridized carbons (Fsp3) is 0.391. The van der Waals surface area contributed by atoms with Gasteiger partial charge in [-0.05, 0) is 56.0 Å². The van der Waals surface area contributed by atoms with Gasteiger partial charge in [0.2, 0.25) is 11.8 Å². The van der Waals surface area contributed by atoms with Gasteiger partial charge in [0.15, 0.2) is 0 Å². The number of rotatable bonds is 4. The third-order valence-corrected chi connectivity index (χ3v) is 5.61. The molecule has 0 spiro atoms. The van der Waals surface area contributed by atoms with Gasteiger partial charge in [0.1, 0.15) is 6.42 Å². The lowest BCUT2D eigenvalue weighted by molar-refractivity contribution is -0.134. The summed E-state index contributed by atoms with van der Waals surface area (Å²) in [6.07, 6.45) is -0.114. The molecule has 0 unspecified atom stereocenters. The van der Waals surface area contributed by atoms with Crippen molar-refractivity contribution in [1.82, 2.24) is 4.90 Å². The summed E-state index contributed by atoms with van der Waals surface area (Å²) >= 11 is 0. The summed E-state index contributed by atoms with van der Waals surface area (Å²) in [6.45, 7) is 11.0. The van der Waals surface area contributed by atoms with Gasteiger partial charge in [-0.15, -0.1) is 0 Å². The quantitative estimate of drug-likeness (QED) is 0.826. The number of nitrogens with zero attached hydrogens (tertiary/aromatic N) is 2. The molecule has 2 aromatic carbocycles. The van der Waals surface area contributed by atoms with Crippen LogP contribution in [0.15, 0.2) is 36.4 Å². The molecule has 1 aliphatic rings. The molecule has 0 aliphatic carbocycles. The summed E-state index contributed by atoms with van der Waals surface area (Å²) in [7, 11) is 0. The van der Waals surface area contributed by atoms with Crippen molar-refractivity contribution in [1.29, 1.82) is 0 Å². The summed E-state index contributed by atoms with van der Waals surface area (Å²) in [5, 5.41) is 2.90. The number of anilines is 2. The third-order valence-electron chi connectivity index (χ3n) is 5.61. The number of hydrogen-bond donors (Lipinski definition) is 1. The smallest absolute Gasteiger partial charge is 0.233 e. The van der Waals surface area contributed by atoms with Crippen LogP contribution in [0.2, 0.25) is 0 Å². The molecule has 1 aliphatic heterocycles. The average molecular weight is 380 g/mol. The van der Waals surface area contributed by atoms with Crippen LogP contribution in [0.3, 0.4) is 0 Å². The van der Waals surface area contributed by atoms with E-state index >= 15 is 0 Å². The Labute approximate surface area is 167 Å². The van der Waals surface area contributed by atoms with E-state index in [4.69, 9.17) is 0 Å². The maximum absolute atomic E-state index is 12.6. The molecule has 0 saturated carbocycles. The average Bonchev–Trinajstić information content (AvgIpc) is 2.67. The van der Waals surface area contributed by atoms with E-state index in [2.05, 4.69) is 42.3 Å². The van der Waals surface area contributed by atoms with Crippen molar-refractivity contribution in [3.05, 3.63) is 58.7 Å². The van der Waals surface area contributed by atoms with Crippen LogP contribution in [-0.4, -0.2) is 42.9 Å². The van der Waals surface area contributed by atoms with Crippen LogP contribution >= 0.6 is 0 Å². The first-order chi connectivity index (χ1) is 13.4. The molecule has 0 bridgehead atoms. The molecule has 148 valence electrons. The SMILES string of the molecule is Cc1cccc(N2CCN(C(=O)CC(=O)Nc3c(C)cccc3C)CC2)c1C. The Hall–Kier alpha value is -2.82. The second-order valence-corrected chi connectivity index (χ2v) is 7.58. The highest BCUT2D eigenvalue weighted by Crippen LogP contribution is 2.24. The minimum absolute atomic E-state index is 0.107. The molecule has 1 heterocycles. The van der Waals surface area contributed by atoms with Gasteiger partial charge >= 0.3 is 0 Å². The van der Waals surface area contributed by atoms with Gasteiger partial charge in [-0.3, -0.25) is 9.59 Å². The first-order valence-corrected chi connectivity index (χ1v) is 9.82. The maximum Gasteiger partial charge on any atom is 0.233 e. The Morgan fingerprint density at radius 1 is 0.857 bits per heavy atom. The van der Waals surface area contributed by atoms with Gasteiger partial charge in [-0.25, -0.2) is 0 Å². The predicted octanol–water partition coefficient (Wildman–Crippen LogP) is 3.60. The zero-order chi connectivity index (χ0) is 20.3. The van der Waals surface area contributed by atoms with Gasteiger partial charge in [0.25, 0.3) is 0 Å². The van der Waals surface area contributed by atoms with Crippen molar-refractivity contribution in [3.63, 3.8) is 0 Å². The largest absolute Gasteiger partial charge is 0.368 e. The number of para-hydroxylation sites is 1. The Bertz CT molecular complexity index is 863. The van der Waals surface area contributed by atoms with Crippen molar-refractivity contribution >= 4 is 23.2 Å². The summed E-state index contributed by atoms with van der Waals surface area (Å²) in [5.41, 5.74) is 6.61. The Kier molecular flexibility index (Phi) is 6.02. The monoisotopic (exact) mass is 379 g/mol. The molecular formula is C23H29N3O2. The van der Waals surface area contributed by atoms with Crippen molar-refractivity contribution in [2.75, 3.05) is 36.4 Å². The molecule has 0 aromatic heterocycles. The molecule has 1 saturated heterocycles. The molecule has 1 N–H and O–H groups in total. The van der Waals surface area contributed by atoms with Crippen molar-refractivity contribution in [2.45, 2.75) is 34.1 Å². The lowest BCUT2D eigenvalue weighted by atomic mass is 10.1. The number of amides is 2. The molecule has 28 heavy (non-hydrogen) atoms. The second kappa shape index (κ2) is 8.46.